The molecule has 0 radical (unpaired) electrons. The first kappa shape index (κ1) is 19.3. The van der Waals surface area contributed by atoms with Gasteiger partial charge in [0, 0.05) is 36.3 Å². The van der Waals surface area contributed by atoms with Crippen molar-refractivity contribution >= 4 is 23.2 Å². The summed E-state index contributed by atoms with van der Waals surface area (Å²) in [5.41, 5.74) is 2.11. The first-order valence-electron chi connectivity index (χ1n) is 8.82. The van der Waals surface area contributed by atoms with Crippen LogP contribution >= 0.6 is 11.6 Å². The molecule has 2 aromatic rings. The Hall–Kier alpha value is -2.44. The first-order chi connectivity index (χ1) is 12.8. The van der Waals surface area contributed by atoms with Gasteiger partial charge < -0.3 is 5.32 Å². The molecule has 0 saturated carbocycles. The summed E-state index contributed by atoms with van der Waals surface area (Å²) in [4.78, 5) is 25.5. The number of hydrogen-bond acceptors (Lipinski definition) is 4. The summed E-state index contributed by atoms with van der Waals surface area (Å²) in [6.07, 6.45) is 0.968. The molecule has 6 nitrogen and oxygen atoms in total. The zero-order valence-corrected chi connectivity index (χ0v) is 16.1. The summed E-state index contributed by atoms with van der Waals surface area (Å²) < 4.78 is 0. The molecule has 0 aliphatic carbocycles. The highest BCUT2D eigenvalue weighted by Gasteiger charge is 2.31. The molecule has 0 spiro atoms. The monoisotopic (exact) mass is 387 g/mol. The molecule has 1 aliphatic rings. The van der Waals surface area contributed by atoms with Gasteiger partial charge in [0.2, 0.25) is 0 Å². The van der Waals surface area contributed by atoms with E-state index in [1.54, 1.807) is 0 Å². The normalized spacial score (nSPS) is 14.5. The molecule has 0 fully saturated rings. The molecule has 0 saturated heterocycles. The van der Waals surface area contributed by atoms with Gasteiger partial charge in [-0.1, -0.05) is 35.9 Å². The van der Waals surface area contributed by atoms with Crippen LogP contribution in [0.25, 0.3) is 0 Å². The molecule has 27 heavy (non-hydrogen) atoms. The molecule has 2 aromatic carbocycles. The molecule has 1 aliphatic heterocycles. The van der Waals surface area contributed by atoms with Crippen LogP contribution in [0.1, 0.15) is 35.3 Å². The summed E-state index contributed by atoms with van der Waals surface area (Å²) in [6, 6.07) is 12.4. The molecule has 1 N–H and O–H groups in total. The lowest BCUT2D eigenvalue weighted by atomic mass is 9.94. The van der Waals surface area contributed by atoms with Crippen LogP contribution in [0.15, 0.2) is 42.5 Å². The second-order valence-electron chi connectivity index (χ2n) is 7.35. The fourth-order valence-corrected chi connectivity index (χ4v) is 3.53. The van der Waals surface area contributed by atoms with E-state index < -0.39 is 10.8 Å². The summed E-state index contributed by atoms with van der Waals surface area (Å²) in [5, 5.41) is 14.3. The maximum Gasteiger partial charge on any atom is 0.283 e. The van der Waals surface area contributed by atoms with E-state index in [2.05, 4.69) is 42.3 Å². The van der Waals surface area contributed by atoms with Gasteiger partial charge in [-0.05, 0) is 43.5 Å². The average molecular weight is 388 g/mol. The van der Waals surface area contributed by atoms with E-state index in [1.165, 1.54) is 29.3 Å². The Bertz CT molecular complexity index is 883. The smallest absolute Gasteiger partial charge is 0.283 e. The predicted molar refractivity (Wildman–Crippen MR) is 105 cm³/mol. The quantitative estimate of drug-likeness (QED) is 0.625. The molecule has 1 amide bonds. The highest BCUT2D eigenvalue weighted by molar-refractivity contribution is 6.31. The number of carbonyl (C=O) groups is 1. The van der Waals surface area contributed by atoms with Gasteiger partial charge in [0.05, 0.1) is 4.92 Å². The highest BCUT2D eigenvalue weighted by atomic mass is 35.5. The number of nitro groups is 1. The summed E-state index contributed by atoms with van der Waals surface area (Å²) in [7, 11) is 0. The lowest BCUT2D eigenvalue weighted by Gasteiger charge is -2.41. The van der Waals surface area contributed by atoms with E-state index in [1.807, 2.05) is 6.07 Å². The van der Waals surface area contributed by atoms with Crippen LogP contribution in [-0.2, 0) is 13.0 Å². The van der Waals surface area contributed by atoms with E-state index in [4.69, 9.17) is 11.6 Å². The minimum Gasteiger partial charge on any atom is -0.350 e. The lowest BCUT2D eigenvalue weighted by Crippen LogP contribution is -2.53. The van der Waals surface area contributed by atoms with E-state index in [9.17, 15) is 14.9 Å². The standard InChI is InChI=1S/C20H22ClN3O3/c1-20(2,23-10-9-14-5-3-4-6-15(14)12-23)13-22-19(25)17-8-7-16(21)11-18(17)24(26)27/h3-8,11H,9-10,12-13H2,1-2H3,(H,22,25). The number of fused-ring (bicyclic) bond motifs is 1. The van der Waals surface area contributed by atoms with E-state index >= 15 is 0 Å². The van der Waals surface area contributed by atoms with Gasteiger partial charge in [-0.3, -0.25) is 19.8 Å². The van der Waals surface area contributed by atoms with Crippen molar-refractivity contribution in [3.8, 4) is 0 Å². The lowest BCUT2D eigenvalue weighted by molar-refractivity contribution is -0.385. The molecule has 7 heteroatoms. The molecule has 0 aromatic heterocycles. The third-order valence-electron chi connectivity index (χ3n) is 5.07. The van der Waals surface area contributed by atoms with Crippen LogP contribution in [-0.4, -0.2) is 34.4 Å². The van der Waals surface area contributed by atoms with Gasteiger partial charge in [0.25, 0.3) is 11.6 Å². The molecule has 0 bridgehead atoms. The number of benzene rings is 2. The summed E-state index contributed by atoms with van der Waals surface area (Å²) in [5.74, 6) is -0.469. The number of carbonyl (C=O) groups excluding carboxylic acids is 1. The molecule has 0 atom stereocenters. The third-order valence-corrected chi connectivity index (χ3v) is 5.30. The van der Waals surface area contributed by atoms with Crippen molar-refractivity contribution in [2.75, 3.05) is 13.1 Å². The van der Waals surface area contributed by atoms with Gasteiger partial charge >= 0.3 is 0 Å². The number of nitro benzene ring substituents is 1. The number of halogens is 1. The highest BCUT2D eigenvalue weighted by Crippen LogP contribution is 2.26. The van der Waals surface area contributed by atoms with Crippen LogP contribution in [0.2, 0.25) is 5.02 Å². The molecule has 1 heterocycles. The zero-order valence-electron chi connectivity index (χ0n) is 15.4. The third kappa shape index (κ3) is 4.28. The van der Waals surface area contributed by atoms with Gasteiger partial charge in [0.15, 0.2) is 0 Å². The number of nitrogens with zero attached hydrogens (tertiary/aromatic N) is 2. The summed E-state index contributed by atoms with van der Waals surface area (Å²) >= 11 is 5.82. The molecular formula is C20H22ClN3O3. The first-order valence-corrected chi connectivity index (χ1v) is 9.20. The Labute approximate surface area is 163 Å². The van der Waals surface area contributed by atoms with Crippen molar-refractivity contribution in [2.24, 2.45) is 0 Å². The second-order valence-corrected chi connectivity index (χ2v) is 7.79. The van der Waals surface area contributed by atoms with Crippen LogP contribution < -0.4 is 5.32 Å². The van der Waals surface area contributed by atoms with E-state index in [0.29, 0.717) is 6.54 Å². The zero-order chi connectivity index (χ0) is 19.6. The Morgan fingerprint density at radius 1 is 1.26 bits per heavy atom. The fraction of sp³-hybridized carbons (Fsp3) is 0.350. The van der Waals surface area contributed by atoms with Gasteiger partial charge in [-0.25, -0.2) is 0 Å². The van der Waals surface area contributed by atoms with Crippen LogP contribution in [0.4, 0.5) is 5.69 Å². The predicted octanol–water partition coefficient (Wildman–Crippen LogP) is 3.81. The molecule has 3 rings (SSSR count). The minimum absolute atomic E-state index is 0.0178. The molecular weight excluding hydrogens is 366 g/mol. The number of amides is 1. The summed E-state index contributed by atoms with van der Waals surface area (Å²) in [6.45, 7) is 6.24. The SMILES string of the molecule is CC(C)(CNC(=O)c1ccc(Cl)cc1[N+](=O)[O-])N1CCc2ccccc2C1. The van der Waals surface area contributed by atoms with Crippen LogP contribution in [0.3, 0.4) is 0 Å². The fourth-order valence-electron chi connectivity index (χ4n) is 3.36. The number of nitrogens with one attached hydrogen (secondary N) is 1. The topological polar surface area (TPSA) is 75.5 Å². The van der Waals surface area contributed by atoms with E-state index in [0.717, 1.165) is 19.5 Å². The molecule has 142 valence electrons. The Morgan fingerprint density at radius 2 is 1.96 bits per heavy atom. The van der Waals surface area contributed by atoms with Crippen LogP contribution in [0, 0.1) is 10.1 Å². The van der Waals surface area contributed by atoms with Crippen molar-refractivity contribution in [3.05, 3.63) is 74.3 Å². The minimum atomic E-state index is -0.590. The largest absolute Gasteiger partial charge is 0.350 e. The average Bonchev–Trinajstić information content (AvgIpc) is 2.65. The molecule has 0 unspecified atom stereocenters. The van der Waals surface area contributed by atoms with Crippen molar-refractivity contribution in [2.45, 2.75) is 32.4 Å². The van der Waals surface area contributed by atoms with Crippen LogP contribution in [0.5, 0.6) is 0 Å². The van der Waals surface area contributed by atoms with E-state index in [-0.39, 0.29) is 21.8 Å². The Kier molecular flexibility index (Phi) is 5.48. The Morgan fingerprint density at radius 3 is 2.67 bits per heavy atom. The maximum absolute atomic E-state index is 12.5. The van der Waals surface area contributed by atoms with Crippen molar-refractivity contribution in [1.29, 1.82) is 0 Å². The van der Waals surface area contributed by atoms with Crippen molar-refractivity contribution in [1.82, 2.24) is 10.2 Å². The second kappa shape index (κ2) is 7.66. The van der Waals surface area contributed by atoms with Crippen molar-refractivity contribution in [3.63, 3.8) is 0 Å². The van der Waals surface area contributed by atoms with Gasteiger partial charge in [-0.15, -0.1) is 0 Å². The van der Waals surface area contributed by atoms with Gasteiger partial charge in [0.1, 0.15) is 5.56 Å². The number of hydrogen-bond donors (Lipinski definition) is 1. The van der Waals surface area contributed by atoms with Gasteiger partial charge in [-0.2, -0.15) is 0 Å². The number of rotatable bonds is 5. The van der Waals surface area contributed by atoms with Crippen molar-refractivity contribution < 1.29 is 9.72 Å². The Balaban J connectivity index is 1.69. The maximum atomic E-state index is 12.5.